The van der Waals surface area contributed by atoms with Gasteiger partial charge in [0.1, 0.15) is 18.1 Å². The van der Waals surface area contributed by atoms with Gasteiger partial charge in [-0.3, -0.25) is 19.2 Å². The van der Waals surface area contributed by atoms with Gasteiger partial charge < -0.3 is 42.6 Å². The fourth-order valence-electron chi connectivity index (χ4n) is 3.72. The van der Waals surface area contributed by atoms with E-state index in [1.54, 1.807) is 6.20 Å². The Morgan fingerprint density at radius 2 is 1.62 bits per heavy atom. The minimum Gasteiger partial charge on any atom is -0.481 e. The minimum absolute atomic E-state index is 0.0204. The maximum atomic E-state index is 13.1. The molecule has 4 atom stereocenters. The number of unbranched alkanes of at least 4 members (excludes halogenated alkanes) is 1. The van der Waals surface area contributed by atoms with Gasteiger partial charge in [0.15, 0.2) is 0 Å². The summed E-state index contributed by atoms with van der Waals surface area (Å²) in [4.78, 5) is 63.7. The third-order valence-corrected chi connectivity index (χ3v) is 5.78. The van der Waals surface area contributed by atoms with Gasteiger partial charge in [-0.05, 0) is 44.4 Å². The van der Waals surface area contributed by atoms with E-state index in [2.05, 4.69) is 20.9 Å². The number of aliphatic carboxylic acids is 2. The molecule has 0 spiro atoms. The topological polar surface area (TPSA) is 230 Å². The van der Waals surface area contributed by atoms with Crippen molar-refractivity contribution in [2.45, 2.75) is 63.2 Å². The van der Waals surface area contributed by atoms with E-state index in [4.69, 9.17) is 16.6 Å². The second-order valence-electron chi connectivity index (χ2n) is 8.74. The highest BCUT2D eigenvalue weighted by molar-refractivity contribution is 5.95. The molecule has 0 aliphatic carbocycles. The predicted octanol–water partition coefficient (Wildman–Crippen LogP) is -0.800. The predicted molar refractivity (Wildman–Crippen MR) is 134 cm³/mol. The van der Waals surface area contributed by atoms with Gasteiger partial charge >= 0.3 is 11.9 Å². The van der Waals surface area contributed by atoms with Gasteiger partial charge in [-0.2, -0.15) is 0 Å². The summed E-state index contributed by atoms with van der Waals surface area (Å²) in [5.74, 6) is -4.76. The molecule has 0 aliphatic rings. The molecule has 13 nitrogen and oxygen atoms in total. The average molecular weight is 519 g/mol. The summed E-state index contributed by atoms with van der Waals surface area (Å²) >= 11 is 0. The smallest absolute Gasteiger partial charge is 0.326 e. The van der Waals surface area contributed by atoms with E-state index in [0.29, 0.717) is 24.9 Å². The molecule has 0 radical (unpaired) electrons. The molecule has 1 aromatic carbocycles. The molecular weight excluding hydrogens is 484 g/mol. The molecule has 0 saturated carbocycles. The number of hydrogen-bond donors (Lipinski definition) is 8. The number of aromatic nitrogens is 1. The lowest BCUT2D eigenvalue weighted by Gasteiger charge is -2.23. The first-order valence-corrected chi connectivity index (χ1v) is 11.9. The Balaban J connectivity index is 2.15. The zero-order valence-corrected chi connectivity index (χ0v) is 20.5. The Kier molecular flexibility index (Phi) is 11.0. The number of amides is 3. The number of H-pyrrole nitrogens is 1. The van der Waals surface area contributed by atoms with E-state index in [1.807, 2.05) is 24.3 Å². The number of nitrogens with two attached hydrogens (primary N) is 2. The first-order chi connectivity index (χ1) is 17.5. The quantitative estimate of drug-likeness (QED) is 0.138. The van der Waals surface area contributed by atoms with Crippen LogP contribution in [0.2, 0.25) is 0 Å². The van der Waals surface area contributed by atoms with Crippen LogP contribution in [0.1, 0.15) is 38.2 Å². The van der Waals surface area contributed by atoms with Gasteiger partial charge in [-0.15, -0.1) is 0 Å². The highest BCUT2D eigenvalue weighted by Gasteiger charge is 2.29. The van der Waals surface area contributed by atoms with Crippen molar-refractivity contribution < 1.29 is 34.2 Å². The van der Waals surface area contributed by atoms with Gasteiger partial charge in [-0.1, -0.05) is 18.2 Å². The van der Waals surface area contributed by atoms with E-state index in [0.717, 1.165) is 10.9 Å². The monoisotopic (exact) mass is 518 g/mol. The SMILES string of the molecule is CC(NC(=O)C(Cc1c[nH]c2ccccc12)NC(=O)C(N)CC(=O)O)C(=O)NC(CCCCN)C(=O)O. The fourth-order valence-corrected chi connectivity index (χ4v) is 3.72. The van der Waals surface area contributed by atoms with Crippen molar-refractivity contribution in [1.29, 1.82) is 0 Å². The largest absolute Gasteiger partial charge is 0.481 e. The third kappa shape index (κ3) is 8.88. The number of para-hydroxylation sites is 1. The van der Waals surface area contributed by atoms with E-state index < -0.39 is 60.2 Å². The second kappa shape index (κ2) is 13.9. The zero-order valence-electron chi connectivity index (χ0n) is 20.5. The average Bonchev–Trinajstić information content (AvgIpc) is 3.25. The van der Waals surface area contributed by atoms with E-state index >= 15 is 0 Å². The number of carboxylic acid groups (broad SMARTS) is 2. The van der Waals surface area contributed by atoms with Crippen LogP contribution in [0.5, 0.6) is 0 Å². The maximum absolute atomic E-state index is 13.1. The lowest BCUT2D eigenvalue weighted by Crippen LogP contribution is -2.57. The second-order valence-corrected chi connectivity index (χ2v) is 8.74. The van der Waals surface area contributed by atoms with Gasteiger partial charge in [0.25, 0.3) is 0 Å². The van der Waals surface area contributed by atoms with Crippen molar-refractivity contribution in [1.82, 2.24) is 20.9 Å². The molecule has 202 valence electrons. The number of carbonyl (C=O) groups is 5. The summed E-state index contributed by atoms with van der Waals surface area (Å²) in [6, 6.07) is 2.47. The summed E-state index contributed by atoms with van der Waals surface area (Å²) < 4.78 is 0. The first-order valence-electron chi connectivity index (χ1n) is 11.9. The highest BCUT2D eigenvalue weighted by Crippen LogP contribution is 2.19. The highest BCUT2D eigenvalue weighted by atomic mass is 16.4. The molecule has 10 N–H and O–H groups in total. The van der Waals surface area contributed by atoms with Gasteiger partial charge in [0.05, 0.1) is 12.5 Å². The standard InChI is InChI=1S/C24H34N6O7/c1-13(21(33)29-18(24(36)37)8-4-5-9-25)28-23(35)19(30-22(34)16(26)11-20(31)32)10-14-12-27-17-7-3-2-6-15(14)17/h2-3,6-7,12-13,16,18-19,27H,4-5,8-11,25-26H2,1H3,(H,28,35)(H,29,33)(H,30,34)(H,31,32)(H,36,37). The Hall–Kier alpha value is -3.97. The Bertz CT molecular complexity index is 1120. The van der Waals surface area contributed by atoms with Crippen LogP contribution < -0.4 is 27.4 Å². The van der Waals surface area contributed by atoms with Crippen molar-refractivity contribution in [3.8, 4) is 0 Å². The molecule has 1 heterocycles. The van der Waals surface area contributed by atoms with Crippen LogP contribution in [0.4, 0.5) is 0 Å². The van der Waals surface area contributed by atoms with Gasteiger partial charge in [0.2, 0.25) is 17.7 Å². The number of carbonyl (C=O) groups excluding carboxylic acids is 3. The molecule has 0 aliphatic heterocycles. The van der Waals surface area contributed by atoms with Crippen molar-refractivity contribution in [2.24, 2.45) is 11.5 Å². The summed E-state index contributed by atoms with van der Waals surface area (Å²) in [6.07, 6.45) is 2.36. The Morgan fingerprint density at radius 1 is 0.946 bits per heavy atom. The third-order valence-electron chi connectivity index (χ3n) is 5.78. The number of hydrogen-bond acceptors (Lipinski definition) is 7. The van der Waals surface area contributed by atoms with E-state index in [9.17, 15) is 29.1 Å². The number of fused-ring (bicyclic) bond motifs is 1. The zero-order chi connectivity index (χ0) is 27.5. The molecule has 2 aromatic rings. The number of nitrogens with one attached hydrogen (secondary N) is 4. The minimum atomic E-state index is -1.39. The van der Waals surface area contributed by atoms with Crippen LogP contribution in [0.25, 0.3) is 10.9 Å². The first kappa shape index (κ1) is 29.3. The molecule has 0 saturated heterocycles. The Labute approximate surface area is 213 Å². The molecule has 37 heavy (non-hydrogen) atoms. The van der Waals surface area contributed by atoms with Crippen LogP contribution in [0.3, 0.4) is 0 Å². The van der Waals surface area contributed by atoms with Crippen LogP contribution >= 0.6 is 0 Å². The van der Waals surface area contributed by atoms with Crippen molar-refractivity contribution in [3.63, 3.8) is 0 Å². The Morgan fingerprint density at radius 3 is 2.27 bits per heavy atom. The number of rotatable bonds is 15. The lowest BCUT2D eigenvalue weighted by molar-refractivity contribution is -0.142. The number of carboxylic acids is 2. The van der Waals surface area contributed by atoms with Gasteiger partial charge in [0, 0.05) is 23.5 Å². The molecule has 13 heteroatoms. The molecule has 0 bridgehead atoms. The molecule has 4 unspecified atom stereocenters. The van der Waals surface area contributed by atoms with Crippen LogP contribution in [-0.4, -0.2) is 75.6 Å². The van der Waals surface area contributed by atoms with Crippen molar-refractivity contribution in [2.75, 3.05) is 6.54 Å². The summed E-state index contributed by atoms with van der Waals surface area (Å²) in [6.45, 7) is 1.78. The lowest BCUT2D eigenvalue weighted by atomic mass is 10.0. The summed E-state index contributed by atoms with van der Waals surface area (Å²) in [5, 5.41) is 26.5. The van der Waals surface area contributed by atoms with Crippen LogP contribution in [-0.2, 0) is 30.4 Å². The maximum Gasteiger partial charge on any atom is 0.326 e. The van der Waals surface area contributed by atoms with Crippen molar-refractivity contribution >= 4 is 40.6 Å². The molecule has 1 aromatic heterocycles. The molecular formula is C24H34N6O7. The number of benzene rings is 1. The molecule has 0 fully saturated rings. The summed E-state index contributed by atoms with van der Waals surface area (Å²) in [5.41, 5.74) is 12.6. The van der Waals surface area contributed by atoms with E-state index in [-0.39, 0.29) is 12.8 Å². The summed E-state index contributed by atoms with van der Waals surface area (Å²) in [7, 11) is 0. The fraction of sp³-hybridized carbons (Fsp3) is 0.458. The molecule has 3 amide bonds. The van der Waals surface area contributed by atoms with Crippen molar-refractivity contribution in [3.05, 3.63) is 36.0 Å². The van der Waals surface area contributed by atoms with Gasteiger partial charge in [-0.25, -0.2) is 4.79 Å². The number of aromatic amines is 1. The van der Waals surface area contributed by atoms with Crippen LogP contribution in [0, 0.1) is 0 Å². The molecule has 2 rings (SSSR count). The normalized spacial score (nSPS) is 14.2. The van der Waals surface area contributed by atoms with E-state index in [1.165, 1.54) is 6.92 Å². The van der Waals surface area contributed by atoms with Crippen LogP contribution in [0.15, 0.2) is 30.5 Å².